The highest BCUT2D eigenvalue weighted by Crippen LogP contribution is 2.26. The van der Waals surface area contributed by atoms with E-state index in [1.165, 1.54) is 11.3 Å². The summed E-state index contributed by atoms with van der Waals surface area (Å²) in [6.45, 7) is 6.24. The van der Waals surface area contributed by atoms with E-state index in [-0.39, 0.29) is 36.1 Å². The van der Waals surface area contributed by atoms with Gasteiger partial charge in [-0.1, -0.05) is 11.3 Å². The molecule has 0 saturated carbocycles. The number of nitrogen functional groups attached to an aromatic ring is 1. The lowest BCUT2D eigenvalue weighted by atomic mass is 10.1. The molecule has 0 aliphatic heterocycles. The van der Waals surface area contributed by atoms with Crippen molar-refractivity contribution >= 4 is 34.1 Å². The standard InChI is InChI=1S/C12H21N5O2S/c1-12(2,3)17-11-16-9(13)8(20-11)10(19)15-6-5-7(18)14-4/h5-6,13H2,1-4H3,(H,14,18)(H,15,19)(H,16,17). The second-order valence-electron chi connectivity index (χ2n) is 5.29. The fraction of sp³-hybridized carbons (Fsp3) is 0.583. The van der Waals surface area contributed by atoms with Gasteiger partial charge >= 0.3 is 0 Å². The maximum absolute atomic E-state index is 11.9. The number of hydrogen-bond acceptors (Lipinski definition) is 6. The molecule has 5 N–H and O–H groups in total. The molecule has 0 aromatic carbocycles. The van der Waals surface area contributed by atoms with Crippen LogP contribution in [-0.2, 0) is 4.79 Å². The van der Waals surface area contributed by atoms with Crippen LogP contribution in [0.1, 0.15) is 36.9 Å². The van der Waals surface area contributed by atoms with Crippen molar-refractivity contribution in [3.63, 3.8) is 0 Å². The van der Waals surface area contributed by atoms with Crippen molar-refractivity contribution in [3.05, 3.63) is 4.88 Å². The van der Waals surface area contributed by atoms with Crippen LogP contribution >= 0.6 is 11.3 Å². The fourth-order valence-electron chi connectivity index (χ4n) is 1.36. The van der Waals surface area contributed by atoms with Gasteiger partial charge in [-0.25, -0.2) is 4.98 Å². The van der Waals surface area contributed by atoms with E-state index >= 15 is 0 Å². The Morgan fingerprint density at radius 2 is 2.00 bits per heavy atom. The van der Waals surface area contributed by atoms with Gasteiger partial charge in [0.15, 0.2) is 5.13 Å². The highest BCUT2D eigenvalue weighted by molar-refractivity contribution is 7.18. The van der Waals surface area contributed by atoms with Gasteiger partial charge in [-0.05, 0) is 20.8 Å². The Balaban J connectivity index is 2.62. The Morgan fingerprint density at radius 1 is 1.35 bits per heavy atom. The monoisotopic (exact) mass is 299 g/mol. The lowest BCUT2D eigenvalue weighted by Gasteiger charge is -2.19. The minimum absolute atomic E-state index is 0.127. The van der Waals surface area contributed by atoms with Crippen molar-refractivity contribution in [2.24, 2.45) is 0 Å². The first-order valence-electron chi connectivity index (χ1n) is 6.26. The van der Waals surface area contributed by atoms with Crippen molar-refractivity contribution in [2.75, 3.05) is 24.6 Å². The van der Waals surface area contributed by atoms with Crippen LogP contribution in [-0.4, -0.2) is 35.9 Å². The lowest BCUT2D eigenvalue weighted by Crippen LogP contribution is -2.29. The topological polar surface area (TPSA) is 109 Å². The van der Waals surface area contributed by atoms with Crippen LogP contribution in [0.5, 0.6) is 0 Å². The second-order valence-corrected chi connectivity index (χ2v) is 6.29. The summed E-state index contributed by atoms with van der Waals surface area (Å²) < 4.78 is 0. The summed E-state index contributed by atoms with van der Waals surface area (Å²) >= 11 is 1.20. The number of carbonyl (C=O) groups is 2. The van der Waals surface area contributed by atoms with Crippen LogP contribution < -0.4 is 21.7 Å². The molecule has 0 unspecified atom stereocenters. The molecule has 1 aromatic heterocycles. The van der Waals surface area contributed by atoms with E-state index in [1.807, 2.05) is 20.8 Å². The van der Waals surface area contributed by atoms with Crippen LogP contribution in [0.15, 0.2) is 0 Å². The Hall–Kier alpha value is -1.83. The molecule has 0 spiro atoms. The third-order valence-electron chi connectivity index (χ3n) is 2.26. The Bertz CT molecular complexity index is 493. The van der Waals surface area contributed by atoms with Crippen LogP contribution in [0.4, 0.5) is 10.9 Å². The molecular formula is C12H21N5O2S. The third kappa shape index (κ3) is 5.04. The van der Waals surface area contributed by atoms with Gasteiger partial charge in [0.2, 0.25) is 5.91 Å². The Kier molecular flexibility index (Phi) is 5.32. The van der Waals surface area contributed by atoms with E-state index in [9.17, 15) is 9.59 Å². The maximum atomic E-state index is 11.9. The first-order valence-corrected chi connectivity index (χ1v) is 7.08. The average Bonchev–Trinajstić information content (AvgIpc) is 2.67. The van der Waals surface area contributed by atoms with Crippen molar-refractivity contribution in [1.29, 1.82) is 0 Å². The van der Waals surface area contributed by atoms with Gasteiger partial charge in [0, 0.05) is 25.6 Å². The summed E-state index contributed by atoms with van der Waals surface area (Å²) in [4.78, 5) is 27.5. The second kappa shape index (κ2) is 6.56. The number of rotatable bonds is 5. The minimum Gasteiger partial charge on any atom is -0.382 e. The van der Waals surface area contributed by atoms with E-state index in [4.69, 9.17) is 5.73 Å². The van der Waals surface area contributed by atoms with Crippen LogP contribution in [0, 0.1) is 0 Å². The molecular weight excluding hydrogens is 278 g/mol. The SMILES string of the molecule is CNC(=O)CCNC(=O)c1sc(NC(C)(C)C)nc1N. The van der Waals surface area contributed by atoms with Gasteiger partial charge in [0.05, 0.1) is 0 Å². The zero-order chi connectivity index (χ0) is 15.3. The van der Waals surface area contributed by atoms with Crippen molar-refractivity contribution in [2.45, 2.75) is 32.7 Å². The molecule has 8 heteroatoms. The molecule has 112 valence electrons. The summed E-state index contributed by atoms with van der Waals surface area (Å²) in [6, 6.07) is 0. The predicted octanol–water partition coefficient (Wildman–Crippen LogP) is 0.802. The summed E-state index contributed by atoms with van der Waals surface area (Å²) in [6.07, 6.45) is 0.230. The van der Waals surface area contributed by atoms with E-state index in [1.54, 1.807) is 7.05 Å². The summed E-state index contributed by atoms with van der Waals surface area (Å²) in [5, 5.41) is 8.90. The average molecular weight is 299 g/mol. The number of carbonyl (C=O) groups excluding carboxylic acids is 2. The number of nitrogens with zero attached hydrogens (tertiary/aromatic N) is 1. The van der Waals surface area contributed by atoms with Gasteiger partial charge in [-0.2, -0.15) is 0 Å². The van der Waals surface area contributed by atoms with Gasteiger partial charge in [0.1, 0.15) is 10.7 Å². The smallest absolute Gasteiger partial charge is 0.265 e. The van der Waals surface area contributed by atoms with Crippen LogP contribution in [0.25, 0.3) is 0 Å². The molecule has 7 nitrogen and oxygen atoms in total. The zero-order valence-electron chi connectivity index (χ0n) is 12.2. The maximum Gasteiger partial charge on any atom is 0.265 e. The molecule has 20 heavy (non-hydrogen) atoms. The third-order valence-corrected chi connectivity index (χ3v) is 3.24. The highest BCUT2D eigenvalue weighted by Gasteiger charge is 2.19. The van der Waals surface area contributed by atoms with Gasteiger partial charge in [0.25, 0.3) is 5.91 Å². The molecule has 0 atom stereocenters. The van der Waals surface area contributed by atoms with Crippen molar-refractivity contribution in [1.82, 2.24) is 15.6 Å². The normalized spacial score (nSPS) is 11.0. The number of nitrogens with one attached hydrogen (secondary N) is 3. The number of amides is 2. The molecule has 0 aliphatic rings. The minimum atomic E-state index is -0.314. The fourth-order valence-corrected chi connectivity index (χ4v) is 2.37. The molecule has 0 fully saturated rings. The Morgan fingerprint density at radius 3 is 2.55 bits per heavy atom. The zero-order valence-corrected chi connectivity index (χ0v) is 13.0. The number of anilines is 2. The lowest BCUT2D eigenvalue weighted by molar-refractivity contribution is -0.120. The number of nitrogens with two attached hydrogens (primary N) is 1. The molecule has 0 radical (unpaired) electrons. The Labute approximate surface area is 122 Å². The molecule has 2 amide bonds. The summed E-state index contributed by atoms with van der Waals surface area (Å²) in [5.41, 5.74) is 5.58. The first-order chi connectivity index (χ1) is 9.23. The van der Waals surface area contributed by atoms with E-state index in [0.29, 0.717) is 10.0 Å². The van der Waals surface area contributed by atoms with Gasteiger partial charge < -0.3 is 21.7 Å². The number of hydrogen-bond donors (Lipinski definition) is 4. The van der Waals surface area contributed by atoms with Gasteiger partial charge in [-0.15, -0.1) is 0 Å². The quantitative estimate of drug-likeness (QED) is 0.643. The molecule has 0 saturated heterocycles. The summed E-state index contributed by atoms with van der Waals surface area (Å²) in [5.74, 6) is -0.247. The number of thiazole rings is 1. The molecule has 1 rings (SSSR count). The van der Waals surface area contributed by atoms with E-state index in [0.717, 1.165) is 0 Å². The van der Waals surface area contributed by atoms with E-state index in [2.05, 4.69) is 20.9 Å². The van der Waals surface area contributed by atoms with Crippen molar-refractivity contribution < 1.29 is 9.59 Å². The molecule has 0 bridgehead atoms. The van der Waals surface area contributed by atoms with Crippen molar-refractivity contribution in [3.8, 4) is 0 Å². The largest absolute Gasteiger partial charge is 0.382 e. The first kappa shape index (κ1) is 16.2. The molecule has 0 aliphatic carbocycles. The summed E-state index contributed by atoms with van der Waals surface area (Å²) in [7, 11) is 1.55. The molecule has 1 heterocycles. The van der Waals surface area contributed by atoms with E-state index < -0.39 is 0 Å². The number of aromatic nitrogens is 1. The predicted molar refractivity (Wildman–Crippen MR) is 80.9 cm³/mol. The highest BCUT2D eigenvalue weighted by atomic mass is 32.1. The van der Waals surface area contributed by atoms with Crippen LogP contribution in [0.3, 0.4) is 0 Å². The van der Waals surface area contributed by atoms with Crippen LogP contribution in [0.2, 0.25) is 0 Å². The van der Waals surface area contributed by atoms with Gasteiger partial charge in [-0.3, -0.25) is 9.59 Å². The molecule has 1 aromatic rings.